The summed E-state index contributed by atoms with van der Waals surface area (Å²) in [7, 11) is -3.76. The molecule has 2 heterocycles. The number of primary sulfonamides is 1. The third-order valence-corrected chi connectivity index (χ3v) is 4.36. The van der Waals surface area contributed by atoms with E-state index in [2.05, 4.69) is 20.9 Å². The number of rotatable bonds is 2. The molecular weight excluding hydrogens is 318 g/mol. The first-order valence-electron chi connectivity index (χ1n) is 5.47. The summed E-state index contributed by atoms with van der Waals surface area (Å²) in [6, 6.07) is 1.56. The van der Waals surface area contributed by atoms with Gasteiger partial charge in [-0.15, -0.1) is 0 Å². The number of halogens is 1. The highest BCUT2D eigenvalue weighted by Gasteiger charge is 2.21. The van der Waals surface area contributed by atoms with E-state index in [0.717, 1.165) is 23.0 Å². The van der Waals surface area contributed by atoms with Crippen LogP contribution in [0.5, 0.6) is 0 Å². The molecule has 0 spiro atoms. The van der Waals surface area contributed by atoms with Crippen LogP contribution in [0, 0.1) is 6.92 Å². The van der Waals surface area contributed by atoms with Gasteiger partial charge in [0.05, 0.1) is 0 Å². The lowest BCUT2D eigenvalue weighted by molar-refractivity contribution is 0.596. The van der Waals surface area contributed by atoms with Crippen molar-refractivity contribution in [1.82, 2.24) is 4.98 Å². The van der Waals surface area contributed by atoms with Gasteiger partial charge in [-0.25, -0.2) is 18.5 Å². The molecule has 1 aliphatic rings. The highest BCUT2D eigenvalue weighted by molar-refractivity contribution is 9.11. The van der Waals surface area contributed by atoms with Gasteiger partial charge in [0, 0.05) is 19.3 Å². The Labute approximate surface area is 115 Å². The van der Waals surface area contributed by atoms with Gasteiger partial charge in [0.1, 0.15) is 10.7 Å². The van der Waals surface area contributed by atoms with Crippen molar-refractivity contribution in [3.05, 3.63) is 28.4 Å². The Balaban J connectivity index is 2.45. The average molecular weight is 332 g/mol. The molecule has 1 aromatic heterocycles. The molecule has 2 N–H and O–H groups in total. The van der Waals surface area contributed by atoms with Crippen LogP contribution in [-0.4, -0.2) is 26.5 Å². The first kappa shape index (κ1) is 13.5. The first-order valence-corrected chi connectivity index (χ1v) is 7.81. The molecule has 98 valence electrons. The second kappa shape index (κ2) is 4.99. The van der Waals surface area contributed by atoms with Crippen molar-refractivity contribution in [1.29, 1.82) is 0 Å². The van der Waals surface area contributed by atoms with E-state index in [1.54, 1.807) is 19.2 Å². The molecule has 18 heavy (non-hydrogen) atoms. The Hall–Kier alpha value is -0.920. The number of pyridine rings is 1. The SMILES string of the molecule is Cc1cnc(N2CC=C(Br)CC2)c(S(N)(=O)=O)c1. The molecule has 0 fully saturated rings. The maximum atomic E-state index is 11.6. The van der Waals surface area contributed by atoms with Crippen LogP contribution in [0.1, 0.15) is 12.0 Å². The van der Waals surface area contributed by atoms with Gasteiger partial charge in [0.15, 0.2) is 0 Å². The smallest absolute Gasteiger partial charge is 0.241 e. The van der Waals surface area contributed by atoms with E-state index in [9.17, 15) is 8.42 Å². The van der Waals surface area contributed by atoms with E-state index in [4.69, 9.17) is 5.14 Å². The number of sulfonamides is 1. The van der Waals surface area contributed by atoms with Crippen LogP contribution < -0.4 is 10.0 Å². The highest BCUT2D eigenvalue weighted by Crippen LogP contribution is 2.26. The first-order chi connectivity index (χ1) is 8.38. The molecule has 7 heteroatoms. The largest absolute Gasteiger partial charge is 0.351 e. The van der Waals surface area contributed by atoms with Gasteiger partial charge in [0.2, 0.25) is 10.0 Å². The molecule has 0 aliphatic carbocycles. The second-order valence-electron chi connectivity index (χ2n) is 4.23. The van der Waals surface area contributed by atoms with E-state index in [1.807, 2.05) is 11.0 Å². The van der Waals surface area contributed by atoms with Gasteiger partial charge < -0.3 is 4.90 Å². The molecule has 0 aromatic carbocycles. The lowest BCUT2D eigenvalue weighted by Crippen LogP contribution is -2.31. The summed E-state index contributed by atoms with van der Waals surface area (Å²) in [5, 5.41) is 5.24. The zero-order chi connectivity index (χ0) is 13.3. The minimum absolute atomic E-state index is 0.0916. The Morgan fingerprint density at radius 3 is 2.78 bits per heavy atom. The second-order valence-corrected chi connectivity index (χ2v) is 6.77. The Bertz CT molecular complexity index is 598. The summed E-state index contributed by atoms with van der Waals surface area (Å²) >= 11 is 3.43. The van der Waals surface area contributed by atoms with Gasteiger partial charge in [-0.05, 0) is 29.5 Å². The van der Waals surface area contributed by atoms with Crippen LogP contribution in [0.15, 0.2) is 27.7 Å². The monoisotopic (exact) mass is 331 g/mol. The van der Waals surface area contributed by atoms with Crippen molar-refractivity contribution in [2.45, 2.75) is 18.2 Å². The van der Waals surface area contributed by atoms with E-state index in [-0.39, 0.29) is 4.90 Å². The molecule has 0 amide bonds. The van der Waals surface area contributed by atoms with Gasteiger partial charge in [-0.2, -0.15) is 0 Å². The van der Waals surface area contributed by atoms with Gasteiger partial charge in [0.25, 0.3) is 0 Å². The topological polar surface area (TPSA) is 76.3 Å². The summed E-state index contributed by atoms with van der Waals surface area (Å²) in [6.45, 7) is 3.13. The molecule has 0 bridgehead atoms. The molecule has 0 saturated carbocycles. The van der Waals surface area contributed by atoms with Gasteiger partial charge >= 0.3 is 0 Å². The van der Waals surface area contributed by atoms with Crippen molar-refractivity contribution < 1.29 is 8.42 Å². The number of nitrogens with zero attached hydrogens (tertiary/aromatic N) is 2. The number of aromatic nitrogens is 1. The number of aryl methyl sites for hydroxylation is 1. The molecule has 0 radical (unpaired) electrons. The fraction of sp³-hybridized carbons (Fsp3) is 0.364. The average Bonchev–Trinajstić information content (AvgIpc) is 2.29. The van der Waals surface area contributed by atoms with Crippen molar-refractivity contribution in [2.75, 3.05) is 18.0 Å². The van der Waals surface area contributed by atoms with Crippen LogP contribution in [0.3, 0.4) is 0 Å². The minimum Gasteiger partial charge on any atom is -0.351 e. The van der Waals surface area contributed by atoms with Crippen LogP contribution >= 0.6 is 15.9 Å². The van der Waals surface area contributed by atoms with E-state index in [1.165, 1.54) is 0 Å². The van der Waals surface area contributed by atoms with Gasteiger partial charge in [-0.1, -0.05) is 22.0 Å². The van der Waals surface area contributed by atoms with Crippen LogP contribution in [-0.2, 0) is 10.0 Å². The van der Waals surface area contributed by atoms with E-state index >= 15 is 0 Å². The summed E-state index contributed by atoms with van der Waals surface area (Å²) in [6.07, 6.45) is 4.48. The molecule has 0 atom stereocenters. The maximum Gasteiger partial charge on any atom is 0.241 e. The summed E-state index contributed by atoms with van der Waals surface area (Å²) < 4.78 is 24.3. The molecule has 2 rings (SSSR count). The molecule has 1 aliphatic heterocycles. The quantitative estimate of drug-likeness (QED) is 0.891. The van der Waals surface area contributed by atoms with E-state index < -0.39 is 10.0 Å². The number of hydrogen-bond donors (Lipinski definition) is 1. The zero-order valence-corrected chi connectivity index (χ0v) is 12.3. The summed E-state index contributed by atoms with van der Waals surface area (Å²) in [4.78, 5) is 6.21. The lowest BCUT2D eigenvalue weighted by Gasteiger charge is -2.27. The third-order valence-electron chi connectivity index (χ3n) is 2.73. The minimum atomic E-state index is -3.76. The summed E-state index contributed by atoms with van der Waals surface area (Å²) in [5.74, 6) is 0.430. The van der Waals surface area contributed by atoms with Crippen molar-refractivity contribution in [3.63, 3.8) is 0 Å². The van der Waals surface area contributed by atoms with Crippen molar-refractivity contribution >= 4 is 31.8 Å². The Morgan fingerprint density at radius 1 is 1.50 bits per heavy atom. The zero-order valence-electron chi connectivity index (χ0n) is 9.93. The third kappa shape index (κ3) is 2.90. The van der Waals surface area contributed by atoms with E-state index in [0.29, 0.717) is 12.4 Å². The highest BCUT2D eigenvalue weighted by atomic mass is 79.9. The standard InChI is InChI=1S/C11H14BrN3O2S/c1-8-6-10(18(13,16)17)11(14-7-8)15-4-2-9(12)3-5-15/h2,6-7H,3-5H2,1H3,(H2,13,16,17). The normalized spacial score (nSPS) is 16.6. The predicted molar refractivity (Wildman–Crippen MR) is 74.2 cm³/mol. The number of anilines is 1. The Morgan fingerprint density at radius 2 is 2.22 bits per heavy atom. The van der Waals surface area contributed by atoms with Gasteiger partial charge in [-0.3, -0.25) is 0 Å². The number of nitrogens with two attached hydrogens (primary N) is 1. The molecule has 0 saturated heterocycles. The van der Waals surface area contributed by atoms with Crippen LogP contribution in [0.25, 0.3) is 0 Å². The predicted octanol–water partition coefficient (Wildman–Crippen LogP) is 1.53. The molecular formula is C11H14BrN3O2S. The van der Waals surface area contributed by atoms with Crippen molar-refractivity contribution in [2.24, 2.45) is 5.14 Å². The van der Waals surface area contributed by atoms with Crippen molar-refractivity contribution in [3.8, 4) is 0 Å². The molecule has 1 aromatic rings. The molecule has 5 nitrogen and oxygen atoms in total. The van der Waals surface area contributed by atoms with Crippen LogP contribution in [0.2, 0.25) is 0 Å². The Kier molecular flexibility index (Phi) is 3.74. The number of hydrogen-bond acceptors (Lipinski definition) is 4. The van der Waals surface area contributed by atoms with Crippen LogP contribution in [0.4, 0.5) is 5.82 Å². The molecule has 0 unspecified atom stereocenters. The maximum absolute atomic E-state index is 11.6. The fourth-order valence-corrected chi connectivity index (χ4v) is 2.93. The fourth-order valence-electron chi connectivity index (χ4n) is 1.82. The summed E-state index contributed by atoms with van der Waals surface area (Å²) in [5.41, 5.74) is 0.775. The lowest BCUT2D eigenvalue weighted by atomic mass is 10.2.